The number of carboxylic acid groups (broad SMARTS) is 2. The molecule has 2 atom stereocenters. The molecular formula is C26H30N3O8+. The van der Waals surface area contributed by atoms with E-state index in [0.29, 0.717) is 41.9 Å². The molecule has 0 aromatic heterocycles. The Kier molecular flexibility index (Phi) is 8.74. The minimum Gasteiger partial charge on any atom is -0.497 e. The highest BCUT2D eigenvalue weighted by Crippen LogP contribution is 2.34. The first-order chi connectivity index (χ1) is 17.5. The number of hydrogen-bond donors (Lipinski definition) is 4. The van der Waals surface area contributed by atoms with E-state index in [0.717, 1.165) is 4.76 Å². The molecule has 0 saturated heterocycles. The second-order valence-electron chi connectivity index (χ2n) is 9.11. The highest BCUT2D eigenvalue weighted by molar-refractivity contribution is 5.95. The van der Waals surface area contributed by atoms with Gasteiger partial charge in [-0.25, -0.2) is 9.59 Å². The Morgan fingerprint density at radius 3 is 2.49 bits per heavy atom. The van der Waals surface area contributed by atoms with Crippen molar-refractivity contribution in [3.63, 3.8) is 0 Å². The van der Waals surface area contributed by atoms with Gasteiger partial charge in [-0.05, 0) is 49.5 Å². The monoisotopic (exact) mass is 512 g/mol. The molecule has 2 aromatic rings. The Labute approximate surface area is 213 Å². The number of aliphatic carboxylic acids is 2. The molecule has 1 aliphatic rings. The number of nitrogens with one attached hydrogen (secondary N) is 1. The second kappa shape index (κ2) is 11.8. The van der Waals surface area contributed by atoms with Gasteiger partial charge in [-0.1, -0.05) is 23.1 Å². The van der Waals surface area contributed by atoms with Crippen molar-refractivity contribution in [2.45, 2.75) is 38.5 Å². The maximum Gasteiger partial charge on any atom is 0.343 e. The molecule has 2 unspecified atom stereocenters. The lowest BCUT2D eigenvalue weighted by Gasteiger charge is -2.31. The number of hydrogen-bond acceptors (Lipinski definition) is 8. The molecule has 0 radical (unpaired) electrons. The molecule has 196 valence electrons. The number of rotatable bonds is 13. The topological polar surface area (TPSA) is 158 Å². The molecule has 0 saturated carbocycles. The fraction of sp³-hybridized carbons (Fsp3) is 0.346. The summed E-state index contributed by atoms with van der Waals surface area (Å²) in [4.78, 5) is 40.1. The van der Waals surface area contributed by atoms with Crippen LogP contribution in [-0.4, -0.2) is 63.3 Å². The number of methoxy groups -OCH3 is 1. The van der Waals surface area contributed by atoms with Gasteiger partial charge in [0.25, 0.3) is 0 Å². The molecule has 4 N–H and O–H groups in total. The fourth-order valence-corrected chi connectivity index (χ4v) is 3.83. The second-order valence-corrected chi connectivity index (χ2v) is 9.11. The molecule has 2 aromatic carbocycles. The van der Waals surface area contributed by atoms with Crippen molar-refractivity contribution in [3.8, 4) is 11.5 Å². The first-order valence-electron chi connectivity index (χ1n) is 11.6. The summed E-state index contributed by atoms with van der Waals surface area (Å²) in [6.45, 7) is 3.56. The van der Waals surface area contributed by atoms with E-state index in [1.165, 1.54) is 13.2 Å². The van der Waals surface area contributed by atoms with Crippen LogP contribution in [0.15, 0.2) is 65.2 Å². The smallest absolute Gasteiger partial charge is 0.343 e. The maximum absolute atomic E-state index is 12.5. The number of aliphatic hydroxyl groups excluding tert-OH is 1. The van der Waals surface area contributed by atoms with Crippen molar-refractivity contribution in [2.24, 2.45) is 10.9 Å². The summed E-state index contributed by atoms with van der Waals surface area (Å²) < 4.78 is 11.5. The third-order valence-electron chi connectivity index (χ3n) is 5.93. The molecule has 1 aliphatic heterocycles. The molecule has 0 spiro atoms. The van der Waals surface area contributed by atoms with Crippen LogP contribution < -0.4 is 14.8 Å². The molecule has 11 heteroatoms. The van der Waals surface area contributed by atoms with E-state index in [9.17, 15) is 29.8 Å². The Hall–Kier alpha value is -4.09. The molecular weight excluding hydrogens is 482 g/mol. The van der Waals surface area contributed by atoms with Crippen LogP contribution >= 0.6 is 0 Å². The average molecular weight is 513 g/mol. The van der Waals surface area contributed by atoms with E-state index in [2.05, 4.69) is 10.3 Å². The van der Waals surface area contributed by atoms with Crippen LogP contribution in [0.4, 0.5) is 11.4 Å². The number of ether oxygens (including phenoxy) is 2. The minimum absolute atomic E-state index is 0.128. The van der Waals surface area contributed by atoms with Gasteiger partial charge in [-0.3, -0.25) is 0 Å². The number of carbonyl (C=O) groups is 2. The summed E-state index contributed by atoms with van der Waals surface area (Å²) in [5.41, 5.74) is -0.0986. The molecule has 0 amide bonds. The minimum atomic E-state index is -1.69. The van der Waals surface area contributed by atoms with Gasteiger partial charge in [0.05, 0.1) is 25.0 Å². The number of fused-ring (bicyclic) bond motifs is 1. The van der Waals surface area contributed by atoms with Crippen LogP contribution in [0.2, 0.25) is 0 Å². The number of benzene rings is 2. The van der Waals surface area contributed by atoms with E-state index in [-0.39, 0.29) is 12.3 Å². The van der Waals surface area contributed by atoms with Crippen molar-refractivity contribution in [2.75, 3.05) is 13.7 Å². The van der Waals surface area contributed by atoms with Crippen LogP contribution in [0.1, 0.15) is 26.7 Å². The zero-order chi connectivity index (χ0) is 27.2. The molecule has 11 nitrogen and oxygen atoms in total. The van der Waals surface area contributed by atoms with Gasteiger partial charge in [-0.2, -0.15) is 0 Å². The third kappa shape index (κ3) is 7.21. The first kappa shape index (κ1) is 27.5. The van der Waals surface area contributed by atoms with Gasteiger partial charge in [-0.15, -0.1) is 0 Å². The van der Waals surface area contributed by atoms with Gasteiger partial charge in [0.15, 0.2) is 0 Å². The zero-order valence-electron chi connectivity index (χ0n) is 20.7. The van der Waals surface area contributed by atoms with Crippen molar-refractivity contribution in [1.29, 1.82) is 0 Å². The van der Waals surface area contributed by atoms with Gasteiger partial charge < -0.3 is 30.1 Å². The molecule has 3 rings (SSSR count). The number of aliphatic hydroxyl groups is 1. The number of nitrogens with zero attached hydrogens (tertiary/aromatic N) is 2. The zero-order valence-corrected chi connectivity index (χ0v) is 20.7. The van der Waals surface area contributed by atoms with Crippen LogP contribution in [-0.2, 0) is 9.59 Å². The summed E-state index contributed by atoms with van der Waals surface area (Å²) >= 11 is 0. The summed E-state index contributed by atoms with van der Waals surface area (Å²) in [6, 6.07) is 13.4. The predicted molar refractivity (Wildman–Crippen MR) is 135 cm³/mol. The van der Waals surface area contributed by atoms with E-state index in [1.807, 2.05) is 13.8 Å². The van der Waals surface area contributed by atoms with E-state index < -0.39 is 35.3 Å². The summed E-state index contributed by atoms with van der Waals surface area (Å²) in [5, 5.41) is 32.9. The summed E-state index contributed by atoms with van der Waals surface area (Å²) in [7, 11) is 1.46. The Morgan fingerprint density at radius 2 is 1.84 bits per heavy atom. The van der Waals surface area contributed by atoms with Gasteiger partial charge in [0.1, 0.15) is 11.5 Å². The lowest BCUT2D eigenvalue weighted by atomic mass is 9.93. The van der Waals surface area contributed by atoms with Gasteiger partial charge in [0.2, 0.25) is 17.7 Å². The van der Waals surface area contributed by atoms with Crippen LogP contribution in [0.3, 0.4) is 0 Å². The average Bonchev–Trinajstić information content (AvgIpc) is 3.17. The maximum atomic E-state index is 12.5. The lowest BCUT2D eigenvalue weighted by molar-refractivity contribution is -0.329. The molecule has 37 heavy (non-hydrogen) atoms. The highest BCUT2D eigenvalue weighted by atomic mass is 16.6. The van der Waals surface area contributed by atoms with E-state index in [4.69, 9.17) is 9.47 Å². The number of carboxylic acids is 2. The number of aliphatic imine (C=N–C) groups is 1. The Morgan fingerprint density at radius 1 is 1.14 bits per heavy atom. The lowest BCUT2D eigenvalue weighted by Crippen LogP contribution is -2.46. The largest absolute Gasteiger partial charge is 0.497 e. The quantitative estimate of drug-likeness (QED) is 0.179. The van der Waals surface area contributed by atoms with Crippen LogP contribution in [0.5, 0.6) is 11.5 Å². The van der Waals surface area contributed by atoms with Crippen LogP contribution in [0.25, 0.3) is 0 Å². The first-order valence-corrected chi connectivity index (χ1v) is 11.6. The van der Waals surface area contributed by atoms with Gasteiger partial charge >= 0.3 is 17.8 Å². The Balaban J connectivity index is 1.73. The summed E-state index contributed by atoms with van der Waals surface area (Å²) in [6.07, 6.45) is -0.367. The Bertz CT molecular complexity index is 1240. The molecule has 1 heterocycles. The van der Waals surface area contributed by atoms with E-state index >= 15 is 0 Å². The normalized spacial score (nSPS) is 15.0. The standard InChI is InChI=1S/C26H29N3O8/c1-26(2,12-11-22-28-20-9-4-5-10-21(20)29(22)35)27-15-19(18(24(32)33)14-23(30)31)25(34)37-17-8-6-7-16(13-17)36-3/h4-10,13-14,19,25,27,34H,11-12,15H2,1-3H3,(H-,30,31,32,33)/p+1/b18-14+. The fourth-order valence-electron chi connectivity index (χ4n) is 3.83. The predicted octanol–water partition coefficient (Wildman–Crippen LogP) is 3.41. The van der Waals surface area contributed by atoms with Gasteiger partial charge in [0, 0.05) is 29.0 Å². The van der Waals surface area contributed by atoms with E-state index in [1.54, 1.807) is 42.5 Å². The SMILES string of the molecule is COc1cccc(OC(O)C(CNC(C)(C)CCC2=Nc3ccccc3[N+]2=O)/C(=C\C(=O)O)C(=O)O)c1. The van der Waals surface area contributed by atoms with Crippen molar-refractivity contribution in [1.82, 2.24) is 5.32 Å². The van der Waals surface area contributed by atoms with Crippen LogP contribution in [0, 0.1) is 10.8 Å². The molecule has 0 bridgehead atoms. The van der Waals surface area contributed by atoms with Crippen molar-refractivity contribution < 1.29 is 39.1 Å². The van der Waals surface area contributed by atoms with Crippen molar-refractivity contribution in [3.05, 3.63) is 65.1 Å². The van der Waals surface area contributed by atoms with Crippen molar-refractivity contribution >= 4 is 29.1 Å². The molecule has 0 aliphatic carbocycles. The molecule has 0 fully saturated rings. The highest BCUT2D eigenvalue weighted by Gasteiger charge is 2.36. The number of nitroso groups, excluding NO2 is 1. The number of amidine groups is 1. The number of para-hydroxylation sites is 2. The third-order valence-corrected chi connectivity index (χ3v) is 5.93. The summed E-state index contributed by atoms with van der Waals surface area (Å²) in [5.74, 6) is -3.19.